The van der Waals surface area contributed by atoms with Crippen molar-refractivity contribution < 1.29 is 4.74 Å². The van der Waals surface area contributed by atoms with E-state index in [0.717, 1.165) is 22.6 Å². The third-order valence-electron chi connectivity index (χ3n) is 3.64. The van der Waals surface area contributed by atoms with Crippen LogP contribution in [0.5, 0.6) is 5.75 Å². The van der Waals surface area contributed by atoms with Crippen LogP contribution in [0, 0.1) is 0 Å². The van der Waals surface area contributed by atoms with E-state index in [0.29, 0.717) is 0 Å². The molecule has 0 atom stereocenters. The van der Waals surface area contributed by atoms with Gasteiger partial charge in [0.1, 0.15) is 5.75 Å². The first-order valence-corrected chi connectivity index (χ1v) is 7.85. The fourth-order valence-electron chi connectivity index (χ4n) is 2.27. The normalized spacial score (nSPS) is 11.2. The number of hydrogen-bond acceptors (Lipinski definition) is 2. The minimum absolute atomic E-state index is 0.849. The Balaban J connectivity index is 1.65. The van der Waals surface area contributed by atoms with Gasteiger partial charge in [-0.1, -0.05) is 54.6 Å². The van der Waals surface area contributed by atoms with Gasteiger partial charge in [-0.3, -0.25) is 4.99 Å². The molecule has 0 aromatic heterocycles. The highest BCUT2D eigenvalue weighted by molar-refractivity contribution is 5.82. The number of methoxy groups -OCH3 is 1. The molecule has 0 heterocycles. The highest BCUT2D eigenvalue weighted by atomic mass is 16.5. The first-order chi connectivity index (χ1) is 11.8. The van der Waals surface area contributed by atoms with E-state index in [2.05, 4.69) is 41.4 Å². The monoisotopic (exact) mass is 313 g/mol. The standard InChI is InChI=1S/C22H19NO/c1-24-22-15-11-20(12-16-22)17-23-21-13-9-19(10-14-21)8-7-18-5-3-2-4-6-18/h2-17H,1H3/b8-7+,23-17?. The summed E-state index contributed by atoms with van der Waals surface area (Å²) in [6.45, 7) is 0. The Kier molecular flexibility index (Phi) is 5.21. The second-order valence-corrected chi connectivity index (χ2v) is 5.37. The molecule has 3 rings (SSSR count). The van der Waals surface area contributed by atoms with Crippen LogP contribution >= 0.6 is 0 Å². The minimum Gasteiger partial charge on any atom is -0.497 e. The Morgan fingerprint density at radius 3 is 1.88 bits per heavy atom. The van der Waals surface area contributed by atoms with Crippen LogP contribution in [0.4, 0.5) is 5.69 Å². The molecule has 3 aromatic rings. The summed E-state index contributed by atoms with van der Waals surface area (Å²) >= 11 is 0. The van der Waals surface area contributed by atoms with Crippen LogP contribution in [-0.4, -0.2) is 13.3 Å². The van der Waals surface area contributed by atoms with Gasteiger partial charge in [-0.15, -0.1) is 0 Å². The summed E-state index contributed by atoms with van der Waals surface area (Å²) in [5, 5.41) is 0. The molecule has 118 valence electrons. The topological polar surface area (TPSA) is 21.6 Å². The Morgan fingerprint density at radius 1 is 0.667 bits per heavy atom. The molecule has 0 saturated carbocycles. The van der Waals surface area contributed by atoms with Gasteiger partial charge in [0, 0.05) is 6.21 Å². The second kappa shape index (κ2) is 7.93. The average Bonchev–Trinajstić information content (AvgIpc) is 2.67. The number of rotatable bonds is 5. The lowest BCUT2D eigenvalue weighted by molar-refractivity contribution is 0.415. The van der Waals surface area contributed by atoms with E-state index in [1.54, 1.807) is 7.11 Å². The molecule has 0 aliphatic heterocycles. The van der Waals surface area contributed by atoms with Crippen LogP contribution < -0.4 is 4.74 Å². The van der Waals surface area contributed by atoms with E-state index < -0.39 is 0 Å². The summed E-state index contributed by atoms with van der Waals surface area (Å²) in [6, 6.07) is 26.3. The predicted octanol–water partition coefficient (Wildman–Crippen LogP) is 5.62. The average molecular weight is 313 g/mol. The van der Waals surface area contributed by atoms with E-state index in [9.17, 15) is 0 Å². The maximum Gasteiger partial charge on any atom is 0.118 e. The third kappa shape index (κ3) is 4.43. The van der Waals surface area contributed by atoms with Crippen molar-refractivity contribution in [3.05, 3.63) is 95.6 Å². The summed E-state index contributed by atoms with van der Waals surface area (Å²) < 4.78 is 5.15. The number of nitrogens with zero attached hydrogens (tertiary/aromatic N) is 1. The van der Waals surface area contributed by atoms with Gasteiger partial charge in [0.15, 0.2) is 0 Å². The molecule has 0 saturated heterocycles. The van der Waals surface area contributed by atoms with Crippen molar-refractivity contribution >= 4 is 24.1 Å². The lowest BCUT2D eigenvalue weighted by Gasteiger charge is -1.99. The highest BCUT2D eigenvalue weighted by Crippen LogP contribution is 2.16. The molecule has 0 amide bonds. The maximum absolute atomic E-state index is 5.15. The molecule has 3 aromatic carbocycles. The summed E-state index contributed by atoms with van der Waals surface area (Å²) in [4.78, 5) is 4.50. The van der Waals surface area contributed by atoms with Gasteiger partial charge in [0.2, 0.25) is 0 Å². The van der Waals surface area contributed by atoms with Crippen LogP contribution in [0.3, 0.4) is 0 Å². The van der Waals surface area contributed by atoms with Gasteiger partial charge in [0.25, 0.3) is 0 Å². The summed E-state index contributed by atoms with van der Waals surface area (Å²) in [5.41, 5.74) is 4.33. The molecule has 0 radical (unpaired) electrons. The zero-order valence-electron chi connectivity index (χ0n) is 13.6. The van der Waals surface area contributed by atoms with Gasteiger partial charge >= 0.3 is 0 Å². The van der Waals surface area contributed by atoms with Crippen molar-refractivity contribution in [1.82, 2.24) is 0 Å². The van der Waals surface area contributed by atoms with E-state index >= 15 is 0 Å². The number of hydrogen-bond donors (Lipinski definition) is 0. The van der Waals surface area contributed by atoms with Gasteiger partial charge in [-0.2, -0.15) is 0 Å². The van der Waals surface area contributed by atoms with Gasteiger partial charge in [-0.25, -0.2) is 0 Å². The van der Waals surface area contributed by atoms with Crippen LogP contribution in [0.25, 0.3) is 12.2 Å². The van der Waals surface area contributed by atoms with Crippen LogP contribution in [0.1, 0.15) is 16.7 Å². The Hall–Kier alpha value is -3.13. The molecule has 0 unspecified atom stereocenters. The van der Waals surface area contributed by atoms with E-state index in [-0.39, 0.29) is 0 Å². The fraction of sp³-hybridized carbons (Fsp3) is 0.0455. The SMILES string of the molecule is COc1ccc(C=Nc2ccc(/C=C/c3ccccc3)cc2)cc1. The van der Waals surface area contributed by atoms with Crippen LogP contribution in [-0.2, 0) is 0 Å². The maximum atomic E-state index is 5.15. The lowest BCUT2D eigenvalue weighted by Crippen LogP contribution is -1.84. The molecule has 24 heavy (non-hydrogen) atoms. The van der Waals surface area contributed by atoms with Gasteiger partial charge < -0.3 is 4.74 Å². The zero-order valence-corrected chi connectivity index (χ0v) is 13.6. The summed E-state index contributed by atoms with van der Waals surface area (Å²) in [5.74, 6) is 0.849. The van der Waals surface area contributed by atoms with E-state index in [1.807, 2.05) is 60.8 Å². The second-order valence-electron chi connectivity index (χ2n) is 5.37. The van der Waals surface area contributed by atoms with Gasteiger partial charge in [-0.05, 0) is 53.1 Å². The molecule has 0 N–H and O–H groups in total. The van der Waals surface area contributed by atoms with E-state index in [1.165, 1.54) is 5.56 Å². The number of benzene rings is 3. The number of ether oxygens (including phenoxy) is 1. The molecule has 0 spiro atoms. The van der Waals surface area contributed by atoms with Gasteiger partial charge in [0.05, 0.1) is 12.8 Å². The third-order valence-corrected chi connectivity index (χ3v) is 3.64. The molecule has 0 aliphatic carbocycles. The Labute approximate surface area is 142 Å². The summed E-state index contributed by atoms with van der Waals surface area (Å²) in [6.07, 6.45) is 6.07. The highest BCUT2D eigenvalue weighted by Gasteiger charge is 1.93. The zero-order chi connectivity index (χ0) is 16.6. The van der Waals surface area contributed by atoms with Crippen molar-refractivity contribution in [3.8, 4) is 5.75 Å². The van der Waals surface area contributed by atoms with Crippen molar-refractivity contribution in [3.63, 3.8) is 0 Å². The first-order valence-electron chi connectivity index (χ1n) is 7.85. The van der Waals surface area contributed by atoms with Crippen molar-refractivity contribution in [2.75, 3.05) is 7.11 Å². The Bertz CT molecular complexity index is 816. The molecule has 2 heteroatoms. The van der Waals surface area contributed by atoms with Crippen molar-refractivity contribution in [1.29, 1.82) is 0 Å². The predicted molar refractivity (Wildman–Crippen MR) is 102 cm³/mol. The van der Waals surface area contributed by atoms with Crippen LogP contribution in [0.15, 0.2) is 83.9 Å². The molecular formula is C22H19NO. The lowest BCUT2D eigenvalue weighted by atomic mass is 10.1. The van der Waals surface area contributed by atoms with E-state index in [4.69, 9.17) is 4.74 Å². The quantitative estimate of drug-likeness (QED) is 0.443. The largest absolute Gasteiger partial charge is 0.497 e. The first kappa shape index (κ1) is 15.8. The Morgan fingerprint density at radius 2 is 1.25 bits per heavy atom. The smallest absolute Gasteiger partial charge is 0.118 e. The molecule has 0 fully saturated rings. The van der Waals surface area contributed by atoms with Crippen molar-refractivity contribution in [2.24, 2.45) is 4.99 Å². The minimum atomic E-state index is 0.849. The molecular weight excluding hydrogens is 294 g/mol. The molecule has 0 bridgehead atoms. The number of aliphatic imine (C=N–C) groups is 1. The summed E-state index contributed by atoms with van der Waals surface area (Å²) in [7, 11) is 1.66. The fourth-order valence-corrected chi connectivity index (χ4v) is 2.27. The van der Waals surface area contributed by atoms with Crippen LogP contribution in [0.2, 0.25) is 0 Å². The molecule has 2 nitrogen and oxygen atoms in total. The van der Waals surface area contributed by atoms with Crippen molar-refractivity contribution in [2.45, 2.75) is 0 Å². The molecule has 0 aliphatic rings.